The van der Waals surface area contributed by atoms with E-state index < -0.39 is 10.0 Å². The smallest absolute Gasteiger partial charge is 0.244 e. The molecule has 34 heavy (non-hydrogen) atoms. The number of ether oxygens (including phenoxy) is 1. The van der Waals surface area contributed by atoms with Crippen molar-refractivity contribution in [2.45, 2.75) is 31.6 Å². The predicted molar refractivity (Wildman–Crippen MR) is 131 cm³/mol. The van der Waals surface area contributed by atoms with Gasteiger partial charge < -0.3 is 15.0 Å². The first kappa shape index (κ1) is 25.9. The van der Waals surface area contributed by atoms with E-state index >= 15 is 0 Å². The van der Waals surface area contributed by atoms with E-state index in [1.54, 1.807) is 37.4 Å². The molecule has 0 atom stereocenters. The van der Waals surface area contributed by atoms with Crippen molar-refractivity contribution >= 4 is 27.5 Å². The molecule has 1 N–H and O–H groups in total. The first-order valence-electron chi connectivity index (χ1n) is 11.4. The number of sulfonamides is 1. The Balaban J connectivity index is 1.63. The van der Waals surface area contributed by atoms with Crippen LogP contribution >= 0.6 is 0 Å². The van der Waals surface area contributed by atoms with E-state index in [2.05, 4.69) is 5.32 Å². The molecule has 1 fully saturated rings. The molecule has 0 saturated carbocycles. The van der Waals surface area contributed by atoms with Crippen LogP contribution in [0.15, 0.2) is 53.4 Å². The van der Waals surface area contributed by atoms with Crippen molar-refractivity contribution in [1.82, 2.24) is 9.21 Å². The third-order valence-corrected chi connectivity index (χ3v) is 8.19. The monoisotopic (exact) mass is 487 g/mol. The quantitative estimate of drug-likeness (QED) is 0.587. The number of anilines is 1. The minimum atomic E-state index is -3.58. The molecular formula is C25H33N3O5S. The molecule has 1 heterocycles. The highest BCUT2D eigenvalue weighted by Gasteiger charge is 2.34. The summed E-state index contributed by atoms with van der Waals surface area (Å²) in [5.74, 6) is -0.764. The maximum Gasteiger partial charge on any atom is 0.244 e. The highest BCUT2D eigenvalue weighted by Crippen LogP contribution is 2.25. The van der Waals surface area contributed by atoms with Crippen LogP contribution in [0.4, 0.5) is 5.69 Å². The van der Waals surface area contributed by atoms with Gasteiger partial charge in [-0.05, 0) is 56.0 Å². The normalized spacial score (nSPS) is 15.1. The fraction of sp³-hybridized carbons (Fsp3) is 0.440. The lowest BCUT2D eigenvalue weighted by molar-refractivity contribution is -0.140. The van der Waals surface area contributed by atoms with Gasteiger partial charge in [-0.3, -0.25) is 9.59 Å². The molecule has 1 aliphatic rings. The van der Waals surface area contributed by atoms with Crippen molar-refractivity contribution in [3.05, 3.63) is 59.7 Å². The lowest BCUT2D eigenvalue weighted by Crippen LogP contribution is -2.47. The standard InChI is InChI=1S/C25H33N3O5S/c1-19-8-7-11-23(20(19)2)26-24(29)18-27(16-17-33-3)25(30)21-12-14-28(15-13-21)34(31,32)22-9-5-4-6-10-22/h4-11,21H,12-18H2,1-3H3,(H,26,29). The van der Waals surface area contributed by atoms with Crippen molar-refractivity contribution in [3.63, 3.8) is 0 Å². The van der Waals surface area contributed by atoms with Gasteiger partial charge in [0.25, 0.3) is 0 Å². The maximum atomic E-state index is 13.3. The lowest BCUT2D eigenvalue weighted by atomic mass is 9.96. The Kier molecular flexibility index (Phi) is 8.82. The molecule has 3 rings (SSSR count). The van der Waals surface area contributed by atoms with Gasteiger partial charge in [-0.25, -0.2) is 8.42 Å². The van der Waals surface area contributed by atoms with Crippen LogP contribution in [0, 0.1) is 19.8 Å². The van der Waals surface area contributed by atoms with Crippen LogP contribution in [0.2, 0.25) is 0 Å². The van der Waals surface area contributed by atoms with Crippen LogP contribution in [-0.2, 0) is 24.3 Å². The zero-order valence-corrected chi connectivity index (χ0v) is 20.8. The second-order valence-corrected chi connectivity index (χ2v) is 10.5. The Morgan fingerprint density at radius 2 is 1.74 bits per heavy atom. The van der Waals surface area contributed by atoms with Gasteiger partial charge in [0.15, 0.2) is 0 Å². The molecule has 0 bridgehead atoms. The molecule has 2 amide bonds. The zero-order valence-electron chi connectivity index (χ0n) is 20.0. The molecule has 9 heteroatoms. The van der Waals surface area contributed by atoms with Crippen molar-refractivity contribution in [2.75, 3.05) is 45.2 Å². The Hall–Kier alpha value is -2.75. The number of amides is 2. The van der Waals surface area contributed by atoms with Crippen LogP contribution in [0.25, 0.3) is 0 Å². The fourth-order valence-electron chi connectivity index (χ4n) is 4.06. The summed E-state index contributed by atoms with van der Waals surface area (Å²) >= 11 is 0. The van der Waals surface area contributed by atoms with Crippen molar-refractivity contribution in [2.24, 2.45) is 5.92 Å². The second kappa shape index (κ2) is 11.6. The van der Waals surface area contributed by atoms with Crippen molar-refractivity contribution in [1.29, 1.82) is 0 Å². The van der Waals surface area contributed by atoms with E-state index in [1.165, 1.54) is 9.21 Å². The molecule has 1 aliphatic heterocycles. The maximum absolute atomic E-state index is 13.3. The number of hydrogen-bond acceptors (Lipinski definition) is 5. The van der Waals surface area contributed by atoms with Crippen molar-refractivity contribution in [3.8, 4) is 0 Å². The molecule has 0 radical (unpaired) electrons. The van der Waals surface area contributed by atoms with Gasteiger partial charge in [-0.1, -0.05) is 30.3 Å². The Morgan fingerprint density at radius 3 is 2.38 bits per heavy atom. The zero-order chi connectivity index (χ0) is 24.7. The number of benzene rings is 2. The average Bonchev–Trinajstić information content (AvgIpc) is 2.84. The summed E-state index contributed by atoms with van der Waals surface area (Å²) in [6.45, 7) is 4.96. The number of piperidine rings is 1. The van der Waals surface area contributed by atoms with Crippen LogP contribution in [0.1, 0.15) is 24.0 Å². The molecule has 0 aliphatic carbocycles. The van der Waals surface area contributed by atoms with Gasteiger partial charge in [-0.15, -0.1) is 0 Å². The summed E-state index contributed by atoms with van der Waals surface area (Å²) in [6, 6.07) is 14.0. The van der Waals surface area contributed by atoms with Crippen LogP contribution in [0.5, 0.6) is 0 Å². The highest BCUT2D eigenvalue weighted by atomic mass is 32.2. The largest absolute Gasteiger partial charge is 0.383 e. The second-order valence-electron chi connectivity index (χ2n) is 8.54. The number of nitrogens with one attached hydrogen (secondary N) is 1. The van der Waals surface area contributed by atoms with Gasteiger partial charge >= 0.3 is 0 Å². The lowest BCUT2D eigenvalue weighted by Gasteiger charge is -2.33. The third-order valence-electron chi connectivity index (χ3n) is 6.27. The number of carbonyl (C=O) groups excluding carboxylic acids is 2. The van der Waals surface area contributed by atoms with E-state index in [1.807, 2.05) is 32.0 Å². The molecule has 0 unspecified atom stereocenters. The molecule has 8 nitrogen and oxygen atoms in total. The summed E-state index contributed by atoms with van der Waals surface area (Å²) in [7, 11) is -2.04. The van der Waals surface area contributed by atoms with Gasteiger partial charge in [0.1, 0.15) is 0 Å². The van der Waals surface area contributed by atoms with Gasteiger partial charge in [0, 0.05) is 38.3 Å². The Bertz CT molecular complexity index is 1100. The number of aryl methyl sites for hydroxylation is 1. The number of carbonyl (C=O) groups is 2. The van der Waals surface area contributed by atoms with Crippen LogP contribution in [0.3, 0.4) is 0 Å². The Morgan fingerprint density at radius 1 is 1.06 bits per heavy atom. The van der Waals surface area contributed by atoms with E-state index in [9.17, 15) is 18.0 Å². The number of methoxy groups -OCH3 is 1. The Labute approximate surface area is 201 Å². The summed E-state index contributed by atoms with van der Waals surface area (Å²) in [5.41, 5.74) is 2.78. The van der Waals surface area contributed by atoms with E-state index in [-0.39, 0.29) is 48.8 Å². The van der Waals surface area contributed by atoms with E-state index in [0.717, 1.165) is 16.8 Å². The third kappa shape index (κ3) is 6.22. The number of hydrogen-bond donors (Lipinski definition) is 1. The van der Waals surface area contributed by atoms with Gasteiger partial charge in [0.05, 0.1) is 18.0 Å². The molecule has 2 aromatic carbocycles. The van der Waals surface area contributed by atoms with Crippen molar-refractivity contribution < 1.29 is 22.7 Å². The van der Waals surface area contributed by atoms with Crippen LogP contribution in [-0.4, -0.2) is 69.3 Å². The summed E-state index contributed by atoms with van der Waals surface area (Å²) < 4.78 is 32.3. The molecule has 0 aromatic heterocycles. The molecule has 184 valence electrons. The number of rotatable bonds is 9. The van der Waals surface area contributed by atoms with Crippen LogP contribution < -0.4 is 5.32 Å². The van der Waals surface area contributed by atoms with Gasteiger partial charge in [-0.2, -0.15) is 4.31 Å². The topological polar surface area (TPSA) is 96.0 Å². The van der Waals surface area contributed by atoms with E-state index in [4.69, 9.17) is 4.74 Å². The SMILES string of the molecule is COCCN(CC(=O)Nc1cccc(C)c1C)C(=O)C1CCN(S(=O)(=O)c2ccccc2)CC1. The first-order chi connectivity index (χ1) is 16.2. The highest BCUT2D eigenvalue weighted by molar-refractivity contribution is 7.89. The minimum Gasteiger partial charge on any atom is -0.383 e. The average molecular weight is 488 g/mol. The minimum absolute atomic E-state index is 0.0852. The molecule has 2 aromatic rings. The number of nitrogens with zero attached hydrogens (tertiary/aromatic N) is 2. The molecule has 0 spiro atoms. The van der Waals surface area contributed by atoms with E-state index in [0.29, 0.717) is 19.4 Å². The summed E-state index contributed by atoms with van der Waals surface area (Å²) in [6.07, 6.45) is 0.819. The van der Waals surface area contributed by atoms with Gasteiger partial charge in [0.2, 0.25) is 21.8 Å². The summed E-state index contributed by atoms with van der Waals surface area (Å²) in [5, 5.41) is 2.90. The predicted octanol–water partition coefficient (Wildman–Crippen LogP) is 2.82. The molecule has 1 saturated heterocycles. The summed E-state index contributed by atoms with van der Waals surface area (Å²) in [4.78, 5) is 27.8. The molecular weight excluding hydrogens is 454 g/mol. The fourth-order valence-corrected chi connectivity index (χ4v) is 5.55. The first-order valence-corrected chi connectivity index (χ1v) is 12.9.